The Balaban J connectivity index is 0.807. The first-order valence-electron chi connectivity index (χ1n) is 33.4. The van der Waals surface area contributed by atoms with Crippen molar-refractivity contribution in [2.24, 2.45) is 5.92 Å². The summed E-state index contributed by atoms with van der Waals surface area (Å²) in [5.74, 6) is -10.2. The van der Waals surface area contributed by atoms with Gasteiger partial charge in [-0.3, -0.25) is 42.4 Å². The number of nitrogens with zero attached hydrogens (tertiary/aromatic N) is 2. The molecule has 3 amide bonds. The number of aliphatic carboxylic acids is 1. The first-order valence-corrected chi connectivity index (χ1v) is 34.8. The van der Waals surface area contributed by atoms with Gasteiger partial charge in [0.1, 0.15) is 115 Å². The Morgan fingerprint density at radius 2 is 1.28 bits per heavy atom. The van der Waals surface area contributed by atoms with Crippen LogP contribution in [0.1, 0.15) is 61.7 Å². The monoisotopic (exact) mass is 1580 g/mol. The van der Waals surface area contributed by atoms with Crippen molar-refractivity contribution in [3.05, 3.63) is 58.1 Å². The Labute approximate surface area is 610 Å². The Morgan fingerprint density at radius 1 is 0.722 bits per heavy atom. The van der Waals surface area contributed by atoms with E-state index in [9.17, 15) is 124 Å². The number of phosphoric ester groups is 1. The van der Waals surface area contributed by atoms with E-state index in [0.717, 1.165) is 30.7 Å². The molecule has 7 heterocycles. The molecule has 0 bridgehead atoms. The molecule has 11 unspecified atom stereocenters. The van der Waals surface area contributed by atoms with E-state index < -0.39 is 273 Å². The first-order chi connectivity index (χ1) is 51.1. The Kier molecular flexibility index (Phi) is 31.1. The predicted molar refractivity (Wildman–Crippen MR) is 339 cm³/mol. The molecule has 1 aromatic carbocycles. The van der Waals surface area contributed by atoms with Crippen LogP contribution in [0.25, 0.3) is 0 Å². The topological polar surface area (TPSA) is 699 Å². The lowest BCUT2D eigenvalue weighted by Gasteiger charge is -2.49. The van der Waals surface area contributed by atoms with Gasteiger partial charge in [-0.25, -0.2) is 9.59 Å². The summed E-state index contributed by atoms with van der Waals surface area (Å²) in [6.45, 7) is -3.10. The van der Waals surface area contributed by atoms with E-state index >= 15 is 0 Å². The van der Waals surface area contributed by atoms with Gasteiger partial charge in [-0.2, -0.15) is 4.98 Å². The van der Waals surface area contributed by atoms with Crippen molar-refractivity contribution in [1.82, 2.24) is 25.5 Å². The number of carbonyl (C=O) groups excluding carboxylic acids is 6. The van der Waals surface area contributed by atoms with Crippen LogP contribution in [0, 0.1) is 5.92 Å². The van der Waals surface area contributed by atoms with Crippen molar-refractivity contribution in [2.45, 2.75) is 224 Å². The normalized spacial score (nSPS) is 37.5. The number of ketones is 1. The number of hydrogen-bond donors (Lipinski definition) is 19. The van der Waals surface area contributed by atoms with Gasteiger partial charge in [0.2, 0.25) is 24.4 Å². The average Bonchev–Trinajstić information content (AvgIpc) is 1.17. The smallest absolute Gasteiger partial charge is 0.364 e. The van der Waals surface area contributed by atoms with Gasteiger partial charge in [0.25, 0.3) is 32.5 Å². The third-order valence-corrected chi connectivity index (χ3v) is 19.3. The Hall–Kier alpha value is -6.50. The molecular formula is C61H88N6O40P-. The zero-order valence-electron chi connectivity index (χ0n) is 57.5. The minimum atomic E-state index is -5.96. The largest absolute Gasteiger partial charge is 0.756 e. The summed E-state index contributed by atoms with van der Waals surface area (Å²) in [6.07, 6.45) is -50.4. The summed E-state index contributed by atoms with van der Waals surface area (Å²) in [7, 11) is -4.77. The fraction of sp³-hybridized carbons (Fsp3) is 0.721. The highest BCUT2D eigenvalue weighted by molar-refractivity contribution is 7.46. The van der Waals surface area contributed by atoms with E-state index in [1.807, 2.05) is 0 Å². The number of anilines is 1. The number of carboxylic acid groups (broad SMARTS) is 1. The number of hydrogen-bond acceptors (Lipinski definition) is 41. The molecule has 6 fully saturated rings. The number of aliphatic hydroxyl groups excluding tert-OH is 14. The van der Waals surface area contributed by atoms with Gasteiger partial charge in [0.05, 0.1) is 45.2 Å². The van der Waals surface area contributed by atoms with Crippen LogP contribution >= 0.6 is 7.82 Å². The number of aryl methyl sites for hydroxylation is 1. The number of carbonyl (C=O) groups is 7. The van der Waals surface area contributed by atoms with Crippen LogP contribution in [0.4, 0.5) is 5.82 Å². The predicted octanol–water partition coefficient (Wildman–Crippen LogP) is -11.6. The number of nitrogens with one attached hydrogen (secondary N) is 3. The molecule has 0 radical (unpaired) electrons. The van der Waals surface area contributed by atoms with Crippen LogP contribution in [0.15, 0.2) is 41.3 Å². The number of Topliss-reactive ketones (excluding diaryl/α,β-unsaturated/α-hetero) is 1. The number of phosphoric acid groups is 1. The average molecular weight is 1580 g/mol. The minimum absolute atomic E-state index is 0.112. The summed E-state index contributed by atoms with van der Waals surface area (Å²) >= 11 is 0. The van der Waals surface area contributed by atoms with Crippen molar-refractivity contribution in [2.75, 3.05) is 52.4 Å². The molecule has 108 heavy (non-hydrogen) atoms. The molecule has 608 valence electrons. The molecular weight excluding hydrogens is 1490 g/mol. The van der Waals surface area contributed by atoms with Crippen LogP contribution in [-0.2, 0) is 110 Å². The highest BCUT2D eigenvalue weighted by atomic mass is 31.2. The van der Waals surface area contributed by atoms with Gasteiger partial charge in [-0.15, -0.1) is 0 Å². The lowest BCUT2D eigenvalue weighted by molar-refractivity contribution is -0.398. The molecule has 20 N–H and O–H groups in total. The van der Waals surface area contributed by atoms with Crippen LogP contribution < -0.4 is 32.3 Å². The molecule has 0 spiro atoms. The maximum absolute atomic E-state index is 13.5. The maximum Gasteiger partial charge on any atom is 0.364 e. The molecule has 6 aliphatic heterocycles. The number of ether oxygens (including phenoxy) is 13. The number of carboxylic acids is 1. The summed E-state index contributed by atoms with van der Waals surface area (Å²) in [4.78, 5) is 117. The summed E-state index contributed by atoms with van der Waals surface area (Å²) in [6, 6.07) is 3.82. The van der Waals surface area contributed by atoms with Crippen molar-refractivity contribution in [3.63, 3.8) is 0 Å². The highest BCUT2D eigenvalue weighted by Gasteiger charge is 2.60. The number of amides is 3. The van der Waals surface area contributed by atoms with E-state index in [1.54, 1.807) is 12.1 Å². The van der Waals surface area contributed by atoms with Gasteiger partial charge < -0.3 is 169 Å². The number of aliphatic hydroxyl groups is 14. The van der Waals surface area contributed by atoms with Crippen molar-refractivity contribution >= 4 is 56.1 Å². The number of methoxy groups -OCH3 is 1. The summed E-state index contributed by atoms with van der Waals surface area (Å²) in [5.41, 5.74) is 5.18. The van der Waals surface area contributed by atoms with E-state index in [-0.39, 0.29) is 50.1 Å². The van der Waals surface area contributed by atoms with E-state index in [1.165, 1.54) is 19.2 Å². The molecule has 2 aromatic rings. The third-order valence-electron chi connectivity index (χ3n) is 18.3. The summed E-state index contributed by atoms with van der Waals surface area (Å²) in [5, 5.41) is 170. The second-order valence-corrected chi connectivity index (χ2v) is 27.1. The molecule has 6 aliphatic rings. The van der Waals surface area contributed by atoms with E-state index in [4.69, 9.17) is 76.4 Å². The van der Waals surface area contributed by atoms with Gasteiger partial charge in [-0.1, -0.05) is 12.1 Å². The van der Waals surface area contributed by atoms with Gasteiger partial charge in [-0.05, 0) is 36.6 Å². The van der Waals surface area contributed by atoms with Gasteiger partial charge in [0, 0.05) is 64.4 Å². The molecule has 47 heteroatoms. The molecule has 31 atom stereocenters. The van der Waals surface area contributed by atoms with Crippen LogP contribution in [0.2, 0.25) is 0 Å². The van der Waals surface area contributed by atoms with Crippen LogP contribution in [0.5, 0.6) is 0 Å². The number of nitrogen functional groups attached to an aromatic ring is 1. The summed E-state index contributed by atoms with van der Waals surface area (Å²) < 4.78 is 95.8. The number of benzene rings is 1. The number of nitrogens with two attached hydrogens (primary N) is 1. The van der Waals surface area contributed by atoms with Crippen molar-refractivity contribution < 1.29 is 190 Å². The lowest BCUT2D eigenvalue weighted by Crippen LogP contribution is -2.70. The molecule has 1 aromatic heterocycles. The standard InChI is InChI=1S/C61H89N6O40P/c1-23(73)64-35-39(80)47(93-3)31(18-69)99-53(35)103-50-42(83)45(86)56(105-58(50)96-22-72)101-48-32(19-70)100-54(36(40(48)81)65-24(2)74)102-49-41(82)44(85)55(104-57(49)95-21-71)94-14-12-63-51(87)26-9-7-25(8-10-26)5-4-6-27(75)15-28-29(76)16-61(59(88)89,106-46(28)37(78)30(77)17-68)107-108(91,92)97-20-33-38(79)43(84)52(98-33)67-13-11-34(62)66-60(67)90/h7-11,13,21-22,28-33,35-50,52-58,68-70,76-86H,4-6,12,14-20H2,1-3H3,(H,63,87)(H,64,73)(H,65,74)(H,88,89)(H,91,92)(H2,62,66,90)/p-1/t28-,29-,30-,31?,32?,33-,35+,36+,37-,38+,39?,40?,41?,42?,43?,44+,45+,46?,47-,48-,49+,50+,52-,53-,54-,55-,56-,57?,58?,61-/m1/s1. The van der Waals surface area contributed by atoms with E-state index in [2.05, 4.69) is 20.9 Å². The Bertz CT molecular complexity index is 3450. The van der Waals surface area contributed by atoms with Crippen LogP contribution in [0.3, 0.4) is 0 Å². The molecule has 46 nitrogen and oxygen atoms in total. The van der Waals surface area contributed by atoms with Crippen molar-refractivity contribution in [1.29, 1.82) is 0 Å². The second-order valence-electron chi connectivity index (χ2n) is 25.7. The highest BCUT2D eigenvalue weighted by Crippen LogP contribution is 2.50. The fourth-order valence-electron chi connectivity index (χ4n) is 12.9. The molecule has 0 aliphatic carbocycles. The fourth-order valence-corrected chi connectivity index (χ4v) is 13.8. The van der Waals surface area contributed by atoms with Crippen molar-refractivity contribution in [3.8, 4) is 0 Å². The zero-order valence-corrected chi connectivity index (χ0v) is 58.4. The first kappa shape index (κ1) is 87.1. The number of rotatable bonds is 36. The third kappa shape index (κ3) is 20.8. The molecule has 0 saturated carbocycles. The molecule has 6 saturated heterocycles. The maximum atomic E-state index is 13.5. The van der Waals surface area contributed by atoms with E-state index in [0.29, 0.717) is 5.56 Å². The SMILES string of the molecule is CO[C@@H]1C(CO)O[C@H](O[C@@H]2C(OC=O)O[C@@H](O[C@@H]3C(CO)O[C@H](O[C@@H]4C(OC=O)O[C@@H](OCCNC(=O)c5ccc(CCCC(=O)C[C@H]6C([C@H](O)[C@H](O)CO)O[C@](OP(=O)([O-])OC[C@H]7O[C@@H](n8ccc(N)nc8=O)C(O)[C@H]7O)(C(=O)O)C[C@H]6O)cc5)[C@@H](O)C4O)[C@@H](NC(C)=O)C3O)[C@@H](O)C2O)[C@@H](NC(C)=O)C1O. The Morgan fingerprint density at radius 3 is 1.81 bits per heavy atom. The second kappa shape index (κ2) is 38.6. The van der Waals surface area contributed by atoms with Gasteiger partial charge >= 0.3 is 11.7 Å². The number of aromatic nitrogens is 2. The van der Waals surface area contributed by atoms with Gasteiger partial charge in [0.15, 0.2) is 43.6 Å². The molecule has 8 rings (SSSR count). The quantitative estimate of drug-likeness (QED) is 0.0171. The minimum Gasteiger partial charge on any atom is -0.756 e. The lowest BCUT2D eigenvalue weighted by atomic mass is 9.80. The van der Waals surface area contributed by atoms with Crippen LogP contribution in [-0.4, -0.2) is 347 Å². The zero-order chi connectivity index (χ0) is 79.4.